The van der Waals surface area contributed by atoms with Crippen LogP contribution in [-0.4, -0.2) is 23.3 Å². The number of rotatable bonds is 4. The molecular weight excluding hydrogens is 326 g/mol. The molecule has 0 aliphatic heterocycles. The molecule has 0 amide bonds. The summed E-state index contributed by atoms with van der Waals surface area (Å²) in [6.45, 7) is 1.84. The molecule has 1 N–H and O–H groups in total. The standard InChI is InChI=1S/C22H19NO3/c1-2-26-20(24)19-14-9-15-21(22(19,25)16-23,17-10-5-3-6-11-17)18-12-7-4-8-13-18/h3-15,25H,2H2,1H3. The van der Waals surface area contributed by atoms with Gasteiger partial charge in [-0.05, 0) is 24.1 Å². The zero-order valence-electron chi connectivity index (χ0n) is 14.4. The van der Waals surface area contributed by atoms with Crippen LogP contribution in [0.3, 0.4) is 0 Å². The van der Waals surface area contributed by atoms with E-state index < -0.39 is 17.0 Å². The fraction of sp³-hybridized carbons (Fsp3) is 0.182. The summed E-state index contributed by atoms with van der Waals surface area (Å²) in [5.74, 6) is -0.697. The van der Waals surface area contributed by atoms with Crippen molar-refractivity contribution in [3.05, 3.63) is 95.6 Å². The number of aliphatic hydroxyl groups is 1. The first kappa shape index (κ1) is 17.7. The Morgan fingerprint density at radius 1 is 1.08 bits per heavy atom. The zero-order chi connectivity index (χ0) is 18.6. The number of benzene rings is 2. The first-order valence-electron chi connectivity index (χ1n) is 8.42. The van der Waals surface area contributed by atoms with Gasteiger partial charge in [0, 0.05) is 0 Å². The summed E-state index contributed by atoms with van der Waals surface area (Å²) in [6, 6.07) is 20.4. The normalized spacial score (nSPS) is 20.7. The highest BCUT2D eigenvalue weighted by molar-refractivity contribution is 5.94. The summed E-state index contributed by atoms with van der Waals surface area (Å²) in [4.78, 5) is 12.5. The average Bonchev–Trinajstić information content (AvgIpc) is 2.69. The SMILES string of the molecule is CCOC(=O)C1=CC=CC(c2ccccc2)(c2ccccc2)C1(O)C#N. The highest BCUT2D eigenvalue weighted by atomic mass is 16.5. The van der Waals surface area contributed by atoms with Gasteiger partial charge in [0.2, 0.25) is 5.60 Å². The molecule has 1 aliphatic rings. The Bertz CT molecular complexity index is 854. The van der Waals surface area contributed by atoms with Crippen molar-refractivity contribution in [1.82, 2.24) is 0 Å². The van der Waals surface area contributed by atoms with E-state index in [-0.39, 0.29) is 12.2 Å². The molecule has 4 heteroatoms. The number of carbonyl (C=O) groups is 1. The summed E-state index contributed by atoms with van der Waals surface area (Å²) >= 11 is 0. The van der Waals surface area contributed by atoms with Gasteiger partial charge in [-0.1, -0.05) is 72.8 Å². The second-order valence-electron chi connectivity index (χ2n) is 6.02. The van der Waals surface area contributed by atoms with Gasteiger partial charge in [0.1, 0.15) is 6.07 Å². The van der Waals surface area contributed by atoms with E-state index in [1.54, 1.807) is 19.1 Å². The molecular formula is C22H19NO3. The molecule has 130 valence electrons. The summed E-state index contributed by atoms with van der Waals surface area (Å²) in [6.07, 6.45) is 4.91. The van der Waals surface area contributed by atoms with Crippen LogP contribution >= 0.6 is 0 Å². The third-order valence-electron chi connectivity index (χ3n) is 4.69. The summed E-state index contributed by atoms with van der Waals surface area (Å²) in [5, 5.41) is 21.6. The number of hydrogen-bond donors (Lipinski definition) is 1. The van der Waals surface area contributed by atoms with Crippen molar-refractivity contribution in [3.8, 4) is 6.07 Å². The minimum absolute atomic E-state index is 0.0722. The molecule has 0 spiro atoms. The molecule has 4 nitrogen and oxygen atoms in total. The first-order valence-corrected chi connectivity index (χ1v) is 8.42. The van der Waals surface area contributed by atoms with E-state index in [2.05, 4.69) is 0 Å². The van der Waals surface area contributed by atoms with Crippen molar-refractivity contribution in [3.63, 3.8) is 0 Å². The van der Waals surface area contributed by atoms with Crippen LogP contribution in [0.2, 0.25) is 0 Å². The number of hydrogen-bond acceptors (Lipinski definition) is 4. The third-order valence-corrected chi connectivity index (χ3v) is 4.69. The van der Waals surface area contributed by atoms with E-state index in [1.807, 2.05) is 66.7 Å². The second kappa shape index (κ2) is 6.99. The van der Waals surface area contributed by atoms with Gasteiger partial charge in [-0.15, -0.1) is 0 Å². The van der Waals surface area contributed by atoms with Crippen LogP contribution in [0.5, 0.6) is 0 Å². The van der Waals surface area contributed by atoms with Gasteiger partial charge in [0.15, 0.2) is 0 Å². The Morgan fingerprint density at radius 3 is 2.08 bits per heavy atom. The van der Waals surface area contributed by atoms with E-state index >= 15 is 0 Å². The van der Waals surface area contributed by atoms with Crippen molar-refractivity contribution < 1.29 is 14.6 Å². The van der Waals surface area contributed by atoms with Gasteiger partial charge < -0.3 is 9.84 Å². The van der Waals surface area contributed by atoms with Crippen molar-refractivity contribution in [1.29, 1.82) is 5.26 Å². The third kappa shape index (κ3) is 2.54. The minimum atomic E-state index is -2.11. The lowest BCUT2D eigenvalue weighted by atomic mass is 9.59. The molecule has 3 rings (SSSR count). The van der Waals surface area contributed by atoms with E-state index in [0.717, 1.165) is 0 Å². The lowest BCUT2D eigenvalue weighted by Crippen LogP contribution is -2.54. The first-order chi connectivity index (χ1) is 12.6. The van der Waals surface area contributed by atoms with Crippen molar-refractivity contribution in [2.45, 2.75) is 17.9 Å². The molecule has 0 aromatic heterocycles. The highest BCUT2D eigenvalue weighted by Gasteiger charge is 2.57. The molecule has 2 aromatic carbocycles. The van der Waals surface area contributed by atoms with Crippen LogP contribution in [-0.2, 0) is 14.9 Å². The van der Waals surface area contributed by atoms with Crippen LogP contribution in [0.1, 0.15) is 18.1 Å². The fourth-order valence-electron chi connectivity index (χ4n) is 3.49. The van der Waals surface area contributed by atoms with Crippen LogP contribution in [0.25, 0.3) is 0 Å². The van der Waals surface area contributed by atoms with E-state index in [4.69, 9.17) is 4.74 Å². The molecule has 0 fully saturated rings. The minimum Gasteiger partial charge on any atom is -0.463 e. The lowest BCUT2D eigenvalue weighted by Gasteiger charge is -2.44. The molecule has 0 saturated heterocycles. The Morgan fingerprint density at radius 2 is 1.62 bits per heavy atom. The summed E-state index contributed by atoms with van der Waals surface area (Å²) in [7, 11) is 0. The van der Waals surface area contributed by atoms with Crippen LogP contribution in [0, 0.1) is 11.3 Å². The molecule has 1 unspecified atom stereocenters. The number of carbonyl (C=O) groups excluding carboxylic acids is 1. The molecule has 0 bridgehead atoms. The molecule has 0 saturated carbocycles. The predicted octanol–water partition coefficient (Wildman–Crippen LogP) is 3.29. The molecule has 1 aliphatic carbocycles. The van der Waals surface area contributed by atoms with E-state index in [1.165, 1.54) is 6.08 Å². The van der Waals surface area contributed by atoms with Gasteiger partial charge in [0.05, 0.1) is 17.6 Å². The largest absolute Gasteiger partial charge is 0.463 e. The van der Waals surface area contributed by atoms with Gasteiger partial charge in [0.25, 0.3) is 0 Å². The maximum atomic E-state index is 12.5. The Labute approximate surface area is 152 Å². The van der Waals surface area contributed by atoms with Crippen molar-refractivity contribution >= 4 is 5.97 Å². The maximum Gasteiger partial charge on any atom is 0.338 e. The zero-order valence-corrected chi connectivity index (χ0v) is 14.4. The molecule has 0 heterocycles. The molecule has 26 heavy (non-hydrogen) atoms. The number of nitriles is 1. The quantitative estimate of drug-likeness (QED) is 0.682. The fourth-order valence-corrected chi connectivity index (χ4v) is 3.49. The lowest BCUT2D eigenvalue weighted by molar-refractivity contribution is -0.141. The van der Waals surface area contributed by atoms with Gasteiger partial charge in [-0.3, -0.25) is 0 Å². The van der Waals surface area contributed by atoms with Crippen molar-refractivity contribution in [2.24, 2.45) is 0 Å². The number of esters is 1. The Hall–Kier alpha value is -3.16. The van der Waals surface area contributed by atoms with E-state index in [9.17, 15) is 15.2 Å². The summed E-state index contributed by atoms with van der Waals surface area (Å²) < 4.78 is 5.09. The van der Waals surface area contributed by atoms with Gasteiger partial charge in [-0.2, -0.15) is 5.26 Å². The monoisotopic (exact) mass is 345 g/mol. The Balaban J connectivity index is 2.32. The summed E-state index contributed by atoms with van der Waals surface area (Å²) in [5.41, 5.74) is -2.00. The topological polar surface area (TPSA) is 70.3 Å². The number of nitrogens with zero attached hydrogens (tertiary/aromatic N) is 1. The highest BCUT2D eigenvalue weighted by Crippen LogP contribution is 2.48. The molecule has 0 radical (unpaired) electrons. The van der Waals surface area contributed by atoms with Gasteiger partial charge >= 0.3 is 5.97 Å². The smallest absolute Gasteiger partial charge is 0.338 e. The molecule has 2 aromatic rings. The van der Waals surface area contributed by atoms with Crippen LogP contribution in [0.15, 0.2) is 84.5 Å². The Kier molecular flexibility index (Phi) is 4.75. The number of ether oxygens (including phenoxy) is 1. The second-order valence-corrected chi connectivity index (χ2v) is 6.02. The maximum absolute atomic E-state index is 12.5. The van der Waals surface area contributed by atoms with Crippen LogP contribution in [0.4, 0.5) is 0 Å². The number of allylic oxidation sites excluding steroid dienone is 2. The predicted molar refractivity (Wildman–Crippen MR) is 98.1 cm³/mol. The average molecular weight is 345 g/mol. The van der Waals surface area contributed by atoms with Crippen LogP contribution < -0.4 is 0 Å². The van der Waals surface area contributed by atoms with Gasteiger partial charge in [-0.25, -0.2) is 4.79 Å². The molecule has 1 atom stereocenters. The van der Waals surface area contributed by atoms with Crippen molar-refractivity contribution in [2.75, 3.05) is 6.61 Å². The van der Waals surface area contributed by atoms with E-state index in [0.29, 0.717) is 11.1 Å².